The third-order valence-electron chi connectivity index (χ3n) is 13.1. The second kappa shape index (κ2) is 16.3. The van der Waals surface area contributed by atoms with Crippen molar-refractivity contribution in [2.45, 2.75) is 25.7 Å². The number of hydrogen-bond donors (Lipinski definition) is 0. The van der Waals surface area contributed by atoms with E-state index in [1.165, 1.54) is 97.4 Å². The van der Waals surface area contributed by atoms with E-state index in [4.69, 9.17) is 0 Å². The Balaban J connectivity index is 1.00. The Kier molecular flexibility index (Phi) is 9.73. The predicted molar refractivity (Wildman–Crippen MR) is 277 cm³/mol. The van der Waals surface area contributed by atoms with E-state index in [0.717, 1.165) is 42.7 Å². The lowest BCUT2D eigenvalue weighted by Crippen LogP contribution is -2.10. The van der Waals surface area contributed by atoms with E-state index in [2.05, 4.69) is 229 Å². The fourth-order valence-electron chi connectivity index (χ4n) is 9.98. The fourth-order valence-corrected chi connectivity index (χ4v) is 11.3. The first-order valence-electron chi connectivity index (χ1n) is 22.5. The van der Waals surface area contributed by atoms with E-state index in [1.807, 2.05) is 11.3 Å². The van der Waals surface area contributed by atoms with Gasteiger partial charge in [-0.3, -0.25) is 0 Å². The van der Waals surface area contributed by atoms with Crippen molar-refractivity contribution in [2.24, 2.45) is 0 Å². The molecule has 9 aromatic carbocycles. The van der Waals surface area contributed by atoms with Gasteiger partial charge in [0, 0.05) is 37.2 Å². The SMILES string of the molecule is C1=CC(C2=CCCC(c3cccc4c3sc3cc(N(c5ccc(-c6cccc7ccccc67)cc5)c5cccc(-c6cc7ccccc7cc6-c6ccccc6)c5)ccc34)=C2)=CCC1. The van der Waals surface area contributed by atoms with Crippen LogP contribution in [0, 0.1) is 0 Å². The summed E-state index contributed by atoms with van der Waals surface area (Å²) in [6, 6.07) is 71.7. The number of benzene rings is 9. The van der Waals surface area contributed by atoms with Gasteiger partial charge in [0.05, 0.1) is 0 Å². The van der Waals surface area contributed by atoms with Crippen molar-refractivity contribution in [1.29, 1.82) is 0 Å². The standard InChI is InChI=1S/C62H45NS/c1-3-15-42(16-4-1)46-23-11-24-49(37-46)56-29-14-30-58-57-36-35-53(41-61(57)64-62(56)58)63(51-33-31-45(32-34-51)55-28-13-22-43-19-9-10-27-54(43)55)52-26-12-25-50(38-52)60-40-48-21-8-7-20-47(48)39-59(60)44-17-5-2-6-18-44/h2-3,5-10,12-23,25-41H,1,4,11,24H2. The predicted octanol–water partition coefficient (Wildman–Crippen LogP) is 18.2. The number of hydrogen-bond acceptors (Lipinski definition) is 2. The van der Waals surface area contributed by atoms with Crippen molar-refractivity contribution < 1.29 is 0 Å². The summed E-state index contributed by atoms with van der Waals surface area (Å²) < 4.78 is 2.66. The van der Waals surface area contributed by atoms with E-state index in [-0.39, 0.29) is 0 Å². The Labute approximate surface area is 378 Å². The number of anilines is 3. The Bertz CT molecular complexity index is 3540. The van der Waals surface area contributed by atoms with Crippen LogP contribution in [-0.2, 0) is 0 Å². The number of nitrogens with zero attached hydrogens (tertiary/aromatic N) is 1. The molecule has 0 unspecified atom stereocenters. The first kappa shape index (κ1) is 38.2. The van der Waals surface area contributed by atoms with Crippen LogP contribution in [0.4, 0.5) is 17.1 Å². The van der Waals surface area contributed by atoms with Gasteiger partial charge in [0.15, 0.2) is 0 Å². The molecule has 2 aliphatic carbocycles. The molecular formula is C62H45NS. The maximum Gasteiger partial charge on any atom is 0.0476 e. The van der Waals surface area contributed by atoms with Gasteiger partial charge in [0.1, 0.15) is 0 Å². The van der Waals surface area contributed by atoms with Crippen molar-refractivity contribution in [3.8, 4) is 33.4 Å². The average Bonchev–Trinajstić information content (AvgIpc) is 3.75. The molecule has 0 bridgehead atoms. The number of allylic oxidation sites excluding steroid dienone is 8. The first-order valence-corrected chi connectivity index (χ1v) is 23.3. The molecule has 0 N–H and O–H groups in total. The minimum atomic E-state index is 1.06. The molecule has 12 rings (SSSR count). The summed E-state index contributed by atoms with van der Waals surface area (Å²) >= 11 is 1.93. The minimum Gasteiger partial charge on any atom is -0.310 e. The second-order valence-electron chi connectivity index (χ2n) is 17.0. The zero-order chi connectivity index (χ0) is 42.4. The quantitative estimate of drug-likeness (QED) is 0.147. The van der Waals surface area contributed by atoms with E-state index in [9.17, 15) is 0 Å². The van der Waals surface area contributed by atoms with Gasteiger partial charge in [-0.15, -0.1) is 11.3 Å². The molecule has 2 heteroatoms. The van der Waals surface area contributed by atoms with E-state index < -0.39 is 0 Å². The molecule has 1 aromatic heterocycles. The van der Waals surface area contributed by atoms with Crippen LogP contribution in [0.3, 0.4) is 0 Å². The summed E-state index contributed by atoms with van der Waals surface area (Å²) in [5.74, 6) is 0. The zero-order valence-corrected chi connectivity index (χ0v) is 36.4. The summed E-state index contributed by atoms with van der Waals surface area (Å²) in [5, 5.41) is 7.62. The van der Waals surface area contributed by atoms with Crippen LogP contribution < -0.4 is 4.90 Å². The molecule has 1 nitrogen and oxygen atoms in total. The third kappa shape index (κ3) is 6.97. The van der Waals surface area contributed by atoms with Gasteiger partial charge in [-0.25, -0.2) is 0 Å². The van der Waals surface area contributed by atoms with Crippen LogP contribution in [0.25, 0.3) is 80.7 Å². The summed E-state index contributed by atoms with van der Waals surface area (Å²) in [6.45, 7) is 0. The van der Waals surface area contributed by atoms with Gasteiger partial charge in [-0.2, -0.15) is 0 Å². The molecule has 304 valence electrons. The molecule has 0 aliphatic heterocycles. The van der Waals surface area contributed by atoms with Crippen molar-refractivity contribution in [1.82, 2.24) is 0 Å². The highest BCUT2D eigenvalue weighted by Gasteiger charge is 2.20. The molecule has 0 amide bonds. The summed E-state index contributed by atoms with van der Waals surface area (Å²) in [4.78, 5) is 2.44. The van der Waals surface area contributed by atoms with E-state index in [1.54, 1.807) is 0 Å². The fraction of sp³-hybridized carbons (Fsp3) is 0.0645. The zero-order valence-electron chi connectivity index (χ0n) is 35.5. The Morgan fingerprint density at radius 3 is 1.86 bits per heavy atom. The Hall–Kier alpha value is -7.52. The molecule has 0 saturated carbocycles. The van der Waals surface area contributed by atoms with Crippen LogP contribution in [-0.4, -0.2) is 0 Å². The van der Waals surface area contributed by atoms with Crippen LogP contribution in [0.5, 0.6) is 0 Å². The average molecular weight is 836 g/mol. The van der Waals surface area contributed by atoms with E-state index in [0.29, 0.717) is 0 Å². The lowest BCUT2D eigenvalue weighted by atomic mass is 9.88. The molecule has 0 saturated heterocycles. The normalized spacial score (nSPS) is 13.9. The van der Waals surface area contributed by atoms with Gasteiger partial charge in [-0.1, -0.05) is 176 Å². The molecule has 64 heavy (non-hydrogen) atoms. The molecular weight excluding hydrogens is 791 g/mol. The highest BCUT2D eigenvalue weighted by molar-refractivity contribution is 7.26. The number of thiophene rings is 1. The van der Waals surface area contributed by atoms with Crippen LogP contribution in [0.1, 0.15) is 31.2 Å². The van der Waals surface area contributed by atoms with Crippen molar-refractivity contribution in [2.75, 3.05) is 4.90 Å². The Morgan fingerprint density at radius 1 is 0.391 bits per heavy atom. The first-order chi connectivity index (χ1) is 31.7. The summed E-state index contributed by atoms with van der Waals surface area (Å²) in [7, 11) is 0. The van der Waals surface area contributed by atoms with Gasteiger partial charge in [0.25, 0.3) is 0 Å². The highest BCUT2D eigenvalue weighted by Crippen LogP contribution is 2.46. The molecule has 0 atom stereocenters. The lowest BCUT2D eigenvalue weighted by Gasteiger charge is -2.26. The maximum absolute atomic E-state index is 2.45. The number of rotatable bonds is 8. The molecule has 0 fully saturated rings. The smallest absolute Gasteiger partial charge is 0.0476 e. The highest BCUT2D eigenvalue weighted by atomic mass is 32.1. The van der Waals surface area contributed by atoms with Crippen molar-refractivity contribution >= 4 is 75.7 Å². The summed E-state index contributed by atoms with van der Waals surface area (Å²) in [5.41, 5.74) is 16.2. The molecule has 0 spiro atoms. The maximum atomic E-state index is 2.45. The van der Waals surface area contributed by atoms with Gasteiger partial charge in [-0.05, 0) is 151 Å². The Morgan fingerprint density at radius 2 is 1.03 bits per heavy atom. The van der Waals surface area contributed by atoms with Crippen molar-refractivity contribution in [3.05, 3.63) is 241 Å². The minimum absolute atomic E-state index is 1.06. The molecule has 2 aliphatic rings. The van der Waals surface area contributed by atoms with Crippen LogP contribution in [0.2, 0.25) is 0 Å². The van der Waals surface area contributed by atoms with Crippen molar-refractivity contribution in [3.63, 3.8) is 0 Å². The number of fused-ring (bicyclic) bond motifs is 5. The largest absolute Gasteiger partial charge is 0.310 e. The summed E-state index contributed by atoms with van der Waals surface area (Å²) in [6.07, 6.45) is 16.3. The second-order valence-corrected chi connectivity index (χ2v) is 18.1. The van der Waals surface area contributed by atoms with Gasteiger partial charge in [0.2, 0.25) is 0 Å². The van der Waals surface area contributed by atoms with Crippen LogP contribution in [0.15, 0.2) is 236 Å². The van der Waals surface area contributed by atoms with Crippen LogP contribution >= 0.6 is 11.3 Å². The molecule has 10 aromatic rings. The molecule has 1 heterocycles. The monoisotopic (exact) mass is 835 g/mol. The van der Waals surface area contributed by atoms with Gasteiger partial charge < -0.3 is 4.90 Å². The third-order valence-corrected chi connectivity index (χ3v) is 14.3. The lowest BCUT2D eigenvalue weighted by molar-refractivity contribution is 1.01. The topological polar surface area (TPSA) is 3.24 Å². The van der Waals surface area contributed by atoms with E-state index >= 15 is 0 Å². The van der Waals surface area contributed by atoms with Gasteiger partial charge >= 0.3 is 0 Å². The molecule has 0 radical (unpaired) electrons.